The molecule has 92 valence electrons. The van der Waals surface area contributed by atoms with Crippen LogP contribution in [0.3, 0.4) is 0 Å². The first kappa shape index (κ1) is 13.2. The lowest BCUT2D eigenvalue weighted by atomic mass is 10.1. The number of nitrogens with one attached hydrogen (secondary N) is 2. The molecule has 0 radical (unpaired) electrons. The van der Waals surface area contributed by atoms with Crippen molar-refractivity contribution in [3.63, 3.8) is 0 Å². The van der Waals surface area contributed by atoms with Gasteiger partial charge < -0.3 is 15.7 Å². The fourth-order valence-corrected chi connectivity index (χ4v) is 1.38. The second-order valence-corrected chi connectivity index (χ2v) is 3.73. The molecule has 0 unspecified atom stereocenters. The number of hydrogen-bond acceptors (Lipinski definition) is 3. The van der Waals surface area contributed by atoms with Gasteiger partial charge in [-0.3, -0.25) is 4.79 Å². The number of carbonyl (C=O) groups is 2. The summed E-state index contributed by atoms with van der Waals surface area (Å²) in [6.07, 6.45) is 0. The highest BCUT2D eigenvalue weighted by Gasteiger charge is 2.25. The Hall–Kier alpha value is -1.88. The van der Waals surface area contributed by atoms with Gasteiger partial charge in [0.05, 0.1) is 0 Å². The number of rotatable bonds is 5. The predicted octanol–water partition coefficient (Wildman–Crippen LogP) is 0.477. The highest BCUT2D eigenvalue weighted by Crippen LogP contribution is 2.01. The lowest BCUT2D eigenvalue weighted by Gasteiger charge is -2.20. The normalized spacial score (nSPS) is 13.8. The molecule has 1 aromatic rings. The summed E-state index contributed by atoms with van der Waals surface area (Å²) in [6.45, 7) is 1.70. The van der Waals surface area contributed by atoms with Crippen molar-refractivity contribution in [2.24, 2.45) is 0 Å². The van der Waals surface area contributed by atoms with Crippen molar-refractivity contribution in [3.8, 4) is 0 Å². The molecule has 3 N–H and O–H groups in total. The molecule has 0 bridgehead atoms. The lowest BCUT2D eigenvalue weighted by Crippen LogP contribution is -2.52. The molecule has 0 saturated carbocycles. The molecule has 17 heavy (non-hydrogen) atoms. The monoisotopic (exact) mass is 236 g/mol. The fourth-order valence-electron chi connectivity index (χ4n) is 1.38. The predicted molar refractivity (Wildman–Crippen MR) is 63.9 cm³/mol. The van der Waals surface area contributed by atoms with Crippen molar-refractivity contribution < 1.29 is 14.7 Å². The number of hydrogen-bond donors (Lipinski definition) is 3. The molecular formula is C12H16N2O3. The van der Waals surface area contributed by atoms with E-state index in [0.29, 0.717) is 5.56 Å². The number of amides is 1. The van der Waals surface area contributed by atoms with Crippen LogP contribution in [0.1, 0.15) is 17.3 Å². The summed E-state index contributed by atoms with van der Waals surface area (Å²) in [5, 5.41) is 14.3. The van der Waals surface area contributed by atoms with Crippen molar-refractivity contribution in [3.05, 3.63) is 35.9 Å². The van der Waals surface area contributed by atoms with E-state index < -0.39 is 12.0 Å². The van der Waals surface area contributed by atoms with Gasteiger partial charge in [-0.05, 0) is 26.1 Å². The molecule has 0 aromatic heterocycles. The van der Waals surface area contributed by atoms with Gasteiger partial charge in [-0.1, -0.05) is 18.2 Å². The van der Waals surface area contributed by atoms with Crippen LogP contribution in [0.15, 0.2) is 30.3 Å². The van der Waals surface area contributed by atoms with Gasteiger partial charge in [0.1, 0.15) is 6.04 Å². The van der Waals surface area contributed by atoms with E-state index in [2.05, 4.69) is 10.6 Å². The minimum absolute atomic E-state index is 0.347. The van der Waals surface area contributed by atoms with E-state index in [-0.39, 0.29) is 11.9 Å². The van der Waals surface area contributed by atoms with E-state index in [1.54, 1.807) is 44.3 Å². The number of carboxylic acid groups (broad SMARTS) is 1. The van der Waals surface area contributed by atoms with E-state index >= 15 is 0 Å². The zero-order chi connectivity index (χ0) is 12.8. The summed E-state index contributed by atoms with van der Waals surface area (Å²) in [7, 11) is 1.65. The van der Waals surface area contributed by atoms with Crippen molar-refractivity contribution >= 4 is 11.9 Å². The zero-order valence-electron chi connectivity index (χ0n) is 9.81. The van der Waals surface area contributed by atoms with Crippen LogP contribution < -0.4 is 10.6 Å². The second-order valence-electron chi connectivity index (χ2n) is 3.73. The quantitative estimate of drug-likeness (QED) is 0.694. The van der Waals surface area contributed by atoms with Crippen molar-refractivity contribution in [2.75, 3.05) is 7.05 Å². The molecule has 1 aromatic carbocycles. The number of likely N-dealkylation sites (N-methyl/N-ethyl adjacent to an activating group) is 1. The summed E-state index contributed by atoms with van der Waals surface area (Å²) in [5.41, 5.74) is 0.446. The largest absolute Gasteiger partial charge is 0.480 e. The number of carbonyl (C=O) groups excluding carboxylic acids is 1. The molecule has 5 nitrogen and oxygen atoms in total. The van der Waals surface area contributed by atoms with Crippen LogP contribution in [-0.4, -0.2) is 36.1 Å². The van der Waals surface area contributed by atoms with Crippen molar-refractivity contribution in [1.82, 2.24) is 10.6 Å². The summed E-state index contributed by atoms with van der Waals surface area (Å²) in [4.78, 5) is 22.8. The lowest BCUT2D eigenvalue weighted by molar-refractivity contribution is -0.139. The van der Waals surface area contributed by atoms with Crippen LogP contribution in [-0.2, 0) is 4.79 Å². The molecular weight excluding hydrogens is 220 g/mol. The number of benzene rings is 1. The van der Waals surface area contributed by atoms with Gasteiger partial charge in [-0.25, -0.2) is 4.79 Å². The highest BCUT2D eigenvalue weighted by molar-refractivity contribution is 5.96. The first-order chi connectivity index (χ1) is 8.06. The van der Waals surface area contributed by atoms with Gasteiger partial charge in [-0.15, -0.1) is 0 Å². The van der Waals surface area contributed by atoms with E-state index in [1.807, 2.05) is 0 Å². The molecule has 0 aliphatic heterocycles. The average Bonchev–Trinajstić information content (AvgIpc) is 2.35. The third kappa shape index (κ3) is 3.57. The summed E-state index contributed by atoms with van der Waals surface area (Å²) < 4.78 is 0. The Morgan fingerprint density at radius 1 is 1.24 bits per heavy atom. The maximum absolute atomic E-state index is 11.8. The topological polar surface area (TPSA) is 78.4 Å². The smallest absolute Gasteiger partial charge is 0.327 e. The Morgan fingerprint density at radius 2 is 1.82 bits per heavy atom. The van der Waals surface area contributed by atoms with Crippen LogP contribution in [0.5, 0.6) is 0 Å². The van der Waals surface area contributed by atoms with Gasteiger partial charge in [-0.2, -0.15) is 0 Å². The molecule has 0 heterocycles. The van der Waals surface area contributed by atoms with E-state index in [0.717, 1.165) is 0 Å². The molecule has 2 atom stereocenters. The summed E-state index contributed by atoms with van der Waals surface area (Å²) in [6, 6.07) is 7.23. The van der Waals surface area contributed by atoms with Crippen LogP contribution >= 0.6 is 0 Å². The summed E-state index contributed by atoms with van der Waals surface area (Å²) >= 11 is 0. The molecule has 1 rings (SSSR count). The van der Waals surface area contributed by atoms with E-state index in [9.17, 15) is 9.59 Å². The first-order valence-corrected chi connectivity index (χ1v) is 5.32. The van der Waals surface area contributed by atoms with Crippen LogP contribution in [0, 0.1) is 0 Å². The van der Waals surface area contributed by atoms with E-state index in [4.69, 9.17) is 5.11 Å². The van der Waals surface area contributed by atoms with Gasteiger partial charge in [0, 0.05) is 11.6 Å². The van der Waals surface area contributed by atoms with Gasteiger partial charge >= 0.3 is 5.97 Å². The van der Waals surface area contributed by atoms with Crippen molar-refractivity contribution in [1.29, 1.82) is 0 Å². The maximum Gasteiger partial charge on any atom is 0.327 e. The number of carboxylic acids is 1. The molecule has 0 fully saturated rings. The van der Waals surface area contributed by atoms with Gasteiger partial charge in [0.25, 0.3) is 5.91 Å². The van der Waals surface area contributed by atoms with Crippen LogP contribution in [0.2, 0.25) is 0 Å². The molecule has 0 aliphatic rings. The third-order valence-electron chi connectivity index (χ3n) is 2.54. The Kier molecular flexibility index (Phi) is 4.66. The molecule has 5 heteroatoms. The SMILES string of the molecule is CN[C@H](C)[C@H](NC(=O)c1ccccc1)C(=O)O. The summed E-state index contributed by atoms with van der Waals surface area (Å²) in [5.74, 6) is -1.45. The Morgan fingerprint density at radius 3 is 2.29 bits per heavy atom. The van der Waals surface area contributed by atoms with Gasteiger partial charge in [0.15, 0.2) is 0 Å². The van der Waals surface area contributed by atoms with Gasteiger partial charge in [0.2, 0.25) is 0 Å². The Bertz CT molecular complexity index is 392. The van der Waals surface area contributed by atoms with E-state index in [1.165, 1.54) is 0 Å². The number of aliphatic carboxylic acids is 1. The first-order valence-electron chi connectivity index (χ1n) is 5.32. The zero-order valence-corrected chi connectivity index (χ0v) is 9.81. The standard InChI is InChI=1S/C12H16N2O3/c1-8(13-2)10(12(16)17)14-11(15)9-6-4-3-5-7-9/h3-8,10,13H,1-2H3,(H,14,15)(H,16,17)/t8-,10+/m1/s1. The van der Waals surface area contributed by atoms with Crippen LogP contribution in [0.25, 0.3) is 0 Å². The molecule has 1 amide bonds. The third-order valence-corrected chi connectivity index (χ3v) is 2.54. The Labute approximate surface area is 99.8 Å². The fraction of sp³-hybridized carbons (Fsp3) is 0.333. The average molecular weight is 236 g/mol. The minimum Gasteiger partial charge on any atom is -0.480 e. The highest BCUT2D eigenvalue weighted by atomic mass is 16.4. The minimum atomic E-state index is -1.06. The molecule has 0 spiro atoms. The van der Waals surface area contributed by atoms with Crippen LogP contribution in [0.4, 0.5) is 0 Å². The molecule has 0 saturated heterocycles. The Balaban J connectivity index is 2.75. The molecule has 0 aliphatic carbocycles. The maximum atomic E-state index is 11.8. The second kappa shape index (κ2) is 6.00. The van der Waals surface area contributed by atoms with Crippen molar-refractivity contribution in [2.45, 2.75) is 19.0 Å².